The zero-order chi connectivity index (χ0) is 26.5. The number of hydrogen-bond donors (Lipinski definition) is 2. The second-order valence-electron chi connectivity index (χ2n) is 10.7. The summed E-state index contributed by atoms with van der Waals surface area (Å²) >= 11 is 0. The highest BCUT2D eigenvalue weighted by Gasteiger charge is 2.22. The molecule has 0 bridgehead atoms. The summed E-state index contributed by atoms with van der Waals surface area (Å²) in [7, 11) is -3.37. The number of nitrogens with zero attached hydrogens (tertiary/aromatic N) is 5. The van der Waals surface area contributed by atoms with Crippen LogP contribution in [0.5, 0.6) is 5.88 Å². The van der Waals surface area contributed by atoms with Crippen molar-refractivity contribution in [2.75, 3.05) is 50.4 Å². The van der Waals surface area contributed by atoms with E-state index in [1.54, 1.807) is 30.6 Å². The Labute approximate surface area is 225 Å². The predicted molar refractivity (Wildman–Crippen MR) is 149 cm³/mol. The number of nitrogens with one attached hydrogen (secondary N) is 2. The Balaban J connectivity index is 1.20. The number of rotatable bonds is 10. The van der Waals surface area contributed by atoms with Gasteiger partial charge in [0.15, 0.2) is 15.5 Å². The number of anilines is 2. The first-order valence-electron chi connectivity index (χ1n) is 13.8. The number of aromatic nitrogens is 4. The van der Waals surface area contributed by atoms with E-state index in [1.807, 2.05) is 0 Å². The molecule has 0 unspecified atom stereocenters. The highest BCUT2D eigenvalue weighted by atomic mass is 32.2. The molecule has 3 aromatic rings. The average molecular weight is 542 g/mol. The van der Waals surface area contributed by atoms with Crippen LogP contribution in [0.15, 0.2) is 35.5 Å². The Morgan fingerprint density at radius 1 is 1.05 bits per heavy atom. The summed E-state index contributed by atoms with van der Waals surface area (Å²) < 4.78 is 32.0. The van der Waals surface area contributed by atoms with Crippen molar-refractivity contribution in [3.63, 3.8) is 0 Å². The summed E-state index contributed by atoms with van der Waals surface area (Å²) in [6.45, 7) is 9.36. The Bertz CT molecular complexity index is 1300. The Morgan fingerprint density at radius 3 is 2.50 bits per heavy atom. The van der Waals surface area contributed by atoms with Gasteiger partial charge in [-0.1, -0.05) is 19.3 Å². The Kier molecular flexibility index (Phi) is 8.45. The average Bonchev–Trinajstić information content (AvgIpc) is 3.41. The quantitative estimate of drug-likeness (QED) is 0.395. The maximum absolute atomic E-state index is 13.0. The van der Waals surface area contributed by atoms with Gasteiger partial charge in [-0.2, -0.15) is 9.97 Å². The molecule has 5 rings (SSSR count). The van der Waals surface area contributed by atoms with Crippen LogP contribution in [0.1, 0.15) is 46.0 Å². The molecule has 1 saturated carbocycles. The van der Waals surface area contributed by atoms with Crippen LogP contribution in [0, 0.1) is 5.92 Å². The van der Waals surface area contributed by atoms with Crippen molar-refractivity contribution < 1.29 is 13.2 Å². The molecule has 0 atom stereocenters. The summed E-state index contributed by atoms with van der Waals surface area (Å²) in [5, 5.41) is 3.18. The molecule has 0 radical (unpaired) electrons. The van der Waals surface area contributed by atoms with Gasteiger partial charge in [-0.05, 0) is 56.9 Å². The number of H-pyrrole nitrogens is 1. The van der Waals surface area contributed by atoms with Gasteiger partial charge >= 0.3 is 0 Å². The number of benzene rings is 1. The molecule has 1 aliphatic heterocycles. The van der Waals surface area contributed by atoms with Crippen LogP contribution >= 0.6 is 0 Å². The number of sulfone groups is 1. The molecule has 2 fully saturated rings. The minimum Gasteiger partial charge on any atom is -0.476 e. The summed E-state index contributed by atoms with van der Waals surface area (Å²) in [4.78, 5) is 21.4. The van der Waals surface area contributed by atoms with Crippen LogP contribution < -0.4 is 10.1 Å². The van der Waals surface area contributed by atoms with Gasteiger partial charge in [0.2, 0.25) is 11.8 Å². The number of imidazole rings is 1. The van der Waals surface area contributed by atoms with E-state index < -0.39 is 9.84 Å². The van der Waals surface area contributed by atoms with Crippen LogP contribution in [0.2, 0.25) is 0 Å². The molecule has 2 aliphatic rings. The molecule has 1 aromatic carbocycles. The molecule has 3 heterocycles. The molecule has 0 amide bonds. The lowest BCUT2D eigenvalue weighted by molar-refractivity contribution is 0.113. The first-order chi connectivity index (χ1) is 18.4. The van der Waals surface area contributed by atoms with E-state index >= 15 is 0 Å². The van der Waals surface area contributed by atoms with E-state index in [2.05, 4.69) is 48.9 Å². The summed E-state index contributed by atoms with van der Waals surface area (Å²) in [5.74, 6) is 1.50. The SMILES string of the molecule is CC(C)N1CCN(CCS(=O)(=O)c2ccc(Nc3nc(OCC4CCCCC4)c4[nH]cnc4n3)cc2)CC1. The molecular formula is C27H39N7O3S. The predicted octanol–water partition coefficient (Wildman–Crippen LogP) is 3.86. The maximum Gasteiger partial charge on any atom is 0.245 e. The molecule has 2 N–H and O–H groups in total. The minimum atomic E-state index is -3.37. The van der Waals surface area contributed by atoms with Crippen LogP contribution in [0.4, 0.5) is 11.6 Å². The zero-order valence-corrected chi connectivity index (χ0v) is 23.2. The third kappa shape index (κ3) is 6.62. The zero-order valence-electron chi connectivity index (χ0n) is 22.4. The molecule has 0 spiro atoms. The molecule has 206 valence electrons. The van der Waals surface area contributed by atoms with Gasteiger partial charge in [-0.3, -0.25) is 9.80 Å². The van der Waals surface area contributed by atoms with Crippen LogP contribution in [-0.4, -0.2) is 89.3 Å². The fourth-order valence-electron chi connectivity index (χ4n) is 5.26. The standard InChI is InChI=1S/C27H39N7O3S/c1-20(2)34-14-12-33(13-15-34)16-17-38(35,36)23-10-8-22(9-11-23)30-27-31-25-24(28-19-29-25)26(32-27)37-18-21-6-4-3-5-7-21/h8-11,19-21H,3-7,12-18H2,1-2H3,(H2,28,29,30,31,32). The van der Waals surface area contributed by atoms with E-state index in [4.69, 9.17) is 4.74 Å². The van der Waals surface area contributed by atoms with E-state index in [1.165, 1.54) is 32.1 Å². The van der Waals surface area contributed by atoms with Crippen LogP contribution in [0.25, 0.3) is 11.2 Å². The minimum absolute atomic E-state index is 0.113. The number of piperazine rings is 1. The third-order valence-corrected chi connectivity index (χ3v) is 9.43. The second kappa shape index (κ2) is 12.0. The summed E-state index contributed by atoms with van der Waals surface area (Å²) in [5.41, 5.74) is 1.90. The lowest BCUT2D eigenvalue weighted by Crippen LogP contribution is -2.49. The largest absolute Gasteiger partial charge is 0.476 e. The molecule has 11 heteroatoms. The van der Waals surface area contributed by atoms with E-state index in [-0.39, 0.29) is 5.75 Å². The lowest BCUT2D eigenvalue weighted by atomic mass is 9.90. The van der Waals surface area contributed by atoms with Crippen LogP contribution in [-0.2, 0) is 9.84 Å². The molecule has 1 saturated heterocycles. The van der Waals surface area contributed by atoms with Crippen molar-refractivity contribution in [2.45, 2.75) is 56.9 Å². The highest BCUT2D eigenvalue weighted by molar-refractivity contribution is 7.91. The van der Waals surface area contributed by atoms with Crippen molar-refractivity contribution in [3.05, 3.63) is 30.6 Å². The number of aromatic amines is 1. The van der Waals surface area contributed by atoms with Crippen molar-refractivity contribution in [1.29, 1.82) is 0 Å². The third-order valence-electron chi connectivity index (χ3n) is 7.72. The topological polar surface area (TPSA) is 116 Å². The fourth-order valence-corrected chi connectivity index (χ4v) is 6.55. The number of fused-ring (bicyclic) bond motifs is 1. The maximum atomic E-state index is 13.0. The lowest BCUT2D eigenvalue weighted by Gasteiger charge is -2.36. The van der Waals surface area contributed by atoms with Gasteiger partial charge in [-0.15, -0.1) is 0 Å². The monoisotopic (exact) mass is 541 g/mol. The molecule has 38 heavy (non-hydrogen) atoms. The molecule has 1 aliphatic carbocycles. The van der Waals surface area contributed by atoms with Crippen LogP contribution in [0.3, 0.4) is 0 Å². The normalized spacial score (nSPS) is 18.3. The van der Waals surface area contributed by atoms with Gasteiger partial charge < -0.3 is 15.0 Å². The van der Waals surface area contributed by atoms with Gasteiger partial charge in [0.05, 0.1) is 23.6 Å². The van der Waals surface area contributed by atoms with Gasteiger partial charge in [0.1, 0.15) is 5.52 Å². The highest BCUT2D eigenvalue weighted by Crippen LogP contribution is 2.27. The van der Waals surface area contributed by atoms with E-state index in [9.17, 15) is 8.42 Å². The Hall–Kier alpha value is -2.76. The smallest absolute Gasteiger partial charge is 0.245 e. The van der Waals surface area contributed by atoms with Crippen molar-refractivity contribution in [3.8, 4) is 5.88 Å². The number of hydrogen-bond acceptors (Lipinski definition) is 9. The van der Waals surface area contributed by atoms with Crippen molar-refractivity contribution in [1.82, 2.24) is 29.7 Å². The first kappa shape index (κ1) is 26.8. The first-order valence-corrected chi connectivity index (χ1v) is 15.4. The number of ether oxygens (including phenoxy) is 1. The van der Waals surface area contributed by atoms with Gasteiger partial charge in [0, 0.05) is 44.5 Å². The second-order valence-corrected chi connectivity index (χ2v) is 12.8. The van der Waals surface area contributed by atoms with Crippen molar-refractivity contribution >= 4 is 32.6 Å². The van der Waals surface area contributed by atoms with Gasteiger partial charge in [-0.25, -0.2) is 13.4 Å². The Morgan fingerprint density at radius 2 is 1.79 bits per heavy atom. The summed E-state index contributed by atoms with van der Waals surface area (Å²) in [6.07, 6.45) is 7.77. The molecular weight excluding hydrogens is 502 g/mol. The van der Waals surface area contributed by atoms with Gasteiger partial charge in [0.25, 0.3) is 0 Å². The fraction of sp³-hybridized carbons (Fsp3) is 0.593. The molecule has 10 nitrogen and oxygen atoms in total. The molecule has 2 aromatic heterocycles. The van der Waals surface area contributed by atoms with E-state index in [0.717, 1.165) is 26.2 Å². The summed E-state index contributed by atoms with van der Waals surface area (Å²) in [6, 6.07) is 7.30. The van der Waals surface area contributed by atoms with E-state index in [0.29, 0.717) is 58.7 Å². The van der Waals surface area contributed by atoms with Crippen molar-refractivity contribution in [2.24, 2.45) is 5.92 Å².